The first-order valence-electron chi connectivity index (χ1n) is 12.7. The van der Waals surface area contributed by atoms with E-state index < -0.39 is 20.7 Å². The van der Waals surface area contributed by atoms with E-state index in [-0.39, 0.29) is 6.10 Å². The molecule has 40 heavy (non-hydrogen) atoms. The van der Waals surface area contributed by atoms with Crippen molar-refractivity contribution in [3.05, 3.63) is 108 Å². The highest BCUT2D eigenvalue weighted by Gasteiger charge is 2.22. The van der Waals surface area contributed by atoms with Crippen molar-refractivity contribution >= 4 is 15.7 Å². The Kier molecular flexibility index (Phi) is 9.81. The Labute approximate surface area is 233 Å². The van der Waals surface area contributed by atoms with E-state index >= 15 is 0 Å². The molecular formula is C30H30FN5O3S. The lowest BCUT2D eigenvalue weighted by atomic mass is 10.1. The summed E-state index contributed by atoms with van der Waals surface area (Å²) in [6.07, 6.45) is 2.31. The third kappa shape index (κ3) is 7.64. The minimum Gasteiger partial charge on any atom is -0.470 e. The lowest BCUT2D eigenvalue weighted by Crippen LogP contribution is -2.40. The van der Waals surface area contributed by atoms with E-state index in [2.05, 4.69) is 26.4 Å². The SMILES string of the molecule is CNS(=O)(=O)c1ccc(-c2cnc3c(c2)NC[C@@H](CNCCc2ccc(C#N)cc2)O3)cc1F.c1ccccc1. The average molecular weight is 560 g/mol. The zero-order valence-corrected chi connectivity index (χ0v) is 22.8. The molecule has 0 amide bonds. The summed E-state index contributed by atoms with van der Waals surface area (Å²) in [5.74, 6) is -0.371. The van der Waals surface area contributed by atoms with Crippen molar-refractivity contribution in [2.45, 2.75) is 17.4 Å². The van der Waals surface area contributed by atoms with Gasteiger partial charge < -0.3 is 15.4 Å². The van der Waals surface area contributed by atoms with Gasteiger partial charge in [0.25, 0.3) is 0 Å². The van der Waals surface area contributed by atoms with Gasteiger partial charge >= 0.3 is 0 Å². The number of benzene rings is 3. The summed E-state index contributed by atoms with van der Waals surface area (Å²) < 4.78 is 46.2. The first kappa shape index (κ1) is 28.7. The van der Waals surface area contributed by atoms with Gasteiger partial charge in [-0.25, -0.2) is 22.5 Å². The van der Waals surface area contributed by atoms with Crippen LogP contribution in [0.15, 0.2) is 96.0 Å². The van der Waals surface area contributed by atoms with Gasteiger partial charge in [-0.15, -0.1) is 0 Å². The normalized spacial score (nSPS) is 14.0. The Bertz CT molecular complexity index is 1530. The van der Waals surface area contributed by atoms with E-state index in [9.17, 15) is 12.8 Å². The molecule has 0 radical (unpaired) electrons. The number of anilines is 1. The number of rotatable bonds is 8. The quantitative estimate of drug-likeness (QED) is 0.275. The molecule has 3 N–H and O–H groups in total. The molecule has 8 nitrogen and oxygen atoms in total. The molecule has 0 spiro atoms. The van der Waals surface area contributed by atoms with Gasteiger partial charge in [0.1, 0.15) is 16.8 Å². The molecule has 0 saturated carbocycles. The van der Waals surface area contributed by atoms with Crippen LogP contribution in [0.2, 0.25) is 0 Å². The number of nitriles is 1. The molecule has 1 aliphatic rings. The predicted molar refractivity (Wildman–Crippen MR) is 153 cm³/mol. The Morgan fingerprint density at radius 1 is 1.05 bits per heavy atom. The van der Waals surface area contributed by atoms with E-state index in [1.54, 1.807) is 18.3 Å². The number of sulfonamides is 1. The van der Waals surface area contributed by atoms with E-state index in [4.69, 9.17) is 10.00 Å². The summed E-state index contributed by atoms with van der Waals surface area (Å²) in [5.41, 5.74) is 3.65. The summed E-state index contributed by atoms with van der Waals surface area (Å²) in [6, 6.07) is 27.4. The van der Waals surface area contributed by atoms with E-state index in [0.29, 0.717) is 41.3 Å². The monoisotopic (exact) mass is 559 g/mol. The van der Waals surface area contributed by atoms with Gasteiger partial charge in [-0.05, 0) is 61.5 Å². The minimum atomic E-state index is -3.87. The second kappa shape index (κ2) is 13.7. The largest absolute Gasteiger partial charge is 0.470 e. The Hall–Kier alpha value is -4.30. The summed E-state index contributed by atoms with van der Waals surface area (Å²) >= 11 is 0. The maximum Gasteiger partial charge on any atom is 0.243 e. The van der Waals surface area contributed by atoms with Gasteiger partial charge in [0.05, 0.1) is 23.9 Å². The Morgan fingerprint density at radius 3 is 2.38 bits per heavy atom. The van der Waals surface area contributed by atoms with Crippen LogP contribution in [0.5, 0.6) is 5.88 Å². The maximum atomic E-state index is 14.4. The lowest BCUT2D eigenvalue weighted by Gasteiger charge is -2.27. The zero-order chi connectivity index (χ0) is 28.4. The summed E-state index contributed by atoms with van der Waals surface area (Å²) in [6.45, 7) is 1.99. The smallest absolute Gasteiger partial charge is 0.243 e. The number of pyridine rings is 1. The molecule has 5 rings (SSSR count). The molecule has 0 unspecified atom stereocenters. The van der Waals surface area contributed by atoms with Crippen molar-refractivity contribution in [3.63, 3.8) is 0 Å². The third-order valence-electron chi connectivity index (χ3n) is 6.19. The van der Waals surface area contributed by atoms with E-state index in [0.717, 1.165) is 18.5 Å². The average Bonchev–Trinajstić information content (AvgIpc) is 3.00. The molecule has 1 atom stereocenters. The number of ether oxygens (including phenoxy) is 1. The standard InChI is InChI=1S/C24H24FN5O3S.C6H6/c1-27-34(31,32)23-7-6-18(10-21(23)25)19-11-22-24(30-13-19)33-20(15-29-22)14-28-9-8-16-2-4-17(12-26)5-3-16;1-2-4-6-5-3-1/h2-7,10-11,13,20,27-29H,8-9,14-15H2,1H3;1-6H/t20-;/m1./s1. The molecule has 0 saturated heterocycles. The molecule has 0 aliphatic carbocycles. The van der Waals surface area contributed by atoms with Crippen LogP contribution in [0.3, 0.4) is 0 Å². The first-order valence-corrected chi connectivity index (χ1v) is 14.2. The van der Waals surface area contributed by atoms with Gasteiger partial charge in [0.2, 0.25) is 15.9 Å². The second-order valence-corrected chi connectivity index (χ2v) is 10.8. The van der Waals surface area contributed by atoms with Crippen LogP contribution < -0.4 is 20.1 Å². The van der Waals surface area contributed by atoms with Crippen molar-refractivity contribution < 1.29 is 17.5 Å². The fourth-order valence-corrected chi connectivity index (χ4v) is 4.79. The molecule has 0 bridgehead atoms. The maximum absolute atomic E-state index is 14.4. The Morgan fingerprint density at radius 2 is 1.75 bits per heavy atom. The first-order chi connectivity index (χ1) is 19.4. The number of nitrogens with zero attached hydrogens (tertiary/aromatic N) is 2. The molecule has 0 fully saturated rings. The topological polar surface area (TPSA) is 116 Å². The van der Waals surface area contributed by atoms with Crippen LogP contribution in [-0.4, -0.2) is 46.2 Å². The number of halogens is 1. The predicted octanol–water partition coefficient (Wildman–Crippen LogP) is 4.36. The van der Waals surface area contributed by atoms with E-state index in [1.807, 2.05) is 60.7 Å². The van der Waals surface area contributed by atoms with Gasteiger partial charge in [-0.3, -0.25) is 0 Å². The molecule has 10 heteroatoms. The highest BCUT2D eigenvalue weighted by atomic mass is 32.2. The molecule has 2 heterocycles. The second-order valence-electron chi connectivity index (χ2n) is 8.97. The molecule has 206 valence electrons. The number of aromatic nitrogens is 1. The molecule has 1 aromatic heterocycles. The number of fused-ring (bicyclic) bond motifs is 1. The van der Waals surface area contributed by atoms with Crippen LogP contribution in [0.25, 0.3) is 11.1 Å². The summed E-state index contributed by atoms with van der Waals surface area (Å²) in [4.78, 5) is 3.96. The van der Waals surface area contributed by atoms with Crippen LogP contribution >= 0.6 is 0 Å². The molecular weight excluding hydrogens is 529 g/mol. The van der Waals surface area contributed by atoms with Crippen molar-refractivity contribution in [2.75, 3.05) is 32.0 Å². The molecule has 4 aromatic rings. The summed E-state index contributed by atoms with van der Waals surface area (Å²) in [7, 11) is -2.63. The van der Waals surface area contributed by atoms with Crippen molar-refractivity contribution in [1.82, 2.24) is 15.0 Å². The van der Waals surface area contributed by atoms with Crippen molar-refractivity contribution in [3.8, 4) is 23.1 Å². The van der Waals surface area contributed by atoms with Crippen LogP contribution in [0.4, 0.5) is 10.1 Å². The van der Waals surface area contributed by atoms with Gasteiger partial charge in [-0.1, -0.05) is 54.6 Å². The number of hydrogen-bond acceptors (Lipinski definition) is 7. The lowest BCUT2D eigenvalue weighted by molar-refractivity contribution is 0.194. The van der Waals surface area contributed by atoms with Crippen LogP contribution in [0, 0.1) is 17.1 Å². The van der Waals surface area contributed by atoms with E-state index in [1.165, 1.54) is 19.2 Å². The third-order valence-corrected chi connectivity index (χ3v) is 7.63. The van der Waals surface area contributed by atoms with Gasteiger partial charge in [-0.2, -0.15) is 5.26 Å². The molecule has 1 aliphatic heterocycles. The highest BCUT2D eigenvalue weighted by Crippen LogP contribution is 2.32. The van der Waals surface area contributed by atoms with Gasteiger partial charge in [0.15, 0.2) is 0 Å². The molecule has 3 aromatic carbocycles. The fourth-order valence-electron chi connectivity index (χ4n) is 4.00. The van der Waals surface area contributed by atoms with Gasteiger partial charge in [0, 0.05) is 18.3 Å². The fraction of sp³-hybridized carbons (Fsp3) is 0.200. The van der Waals surface area contributed by atoms with Crippen molar-refractivity contribution in [2.24, 2.45) is 0 Å². The highest BCUT2D eigenvalue weighted by molar-refractivity contribution is 7.89. The Balaban J connectivity index is 0.000000546. The van der Waals surface area contributed by atoms with Crippen LogP contribution in [-0.2, 0) is 16.4 Å². The number of nitrogens with one attached hydrogen (secondary N) is 3. The summed E-state index contributed by atoms with van der Waals surface area (Å²) in [5, 5.41) is 15.5. The van der Waals surface area contributed by atoms with Crippen LogP contribution in [0.1, 0.15) is 11.1 Å². The van der Waals surface area contributed by atoms with Crippen molar-refractivity contribution in [1.29, 1.82) is 5.26 Å². The minimum absolute atomic E-state index is 0.102. The zero-order valence-electron chi connectivity index (χ0n) is 22.0. The number of hydrogen-bond donors (Lipinski definition) is 3.